The van der Waals surface area contributed by atoms with Crippen molar-refractivity contribution >= 4 is 45.3 Å². The first-order valence-electron chi connectivity index (χ1n) is 5.23. The summed E-state index contributed by atoms with van der Waals surface area (Å²) in [6.45, 7) is 0.670. The zero-order chi connectivity index (χ0) is 12.5. The Morgan fingerprint density at radius 1 is 1.22 bits per heavy atom. The van der Waals surface area contributed by atoms with Crippen molar-refractivity contribution in [3.8, 4) is 0 Å². The minimum Gasteiger partial charge on any atom is -0.397 e. The molecule has 0 radical (unpaired) electrons. The Hall–Kier alpha value is -1.79. The van der Waals surface area contributed by atoms with Crippen LogP contribution in [0, 0.1) is 0 Å². The molecule has 3 rings (SSSR count). The van der Waals surface area contributed by atoms with Crippen LogP contribution < -0.4 is 11.1 Å². The number of nitrogens with two attached hydrogens (primary N) is 1. The lowest BCUT2D eigenvalue weighted by Crippen LogP contribution is -1.99. The molecule has 0 aliphatic carbocycles. The van der Waals surface area contributed by atoms with Gasteiger partial charge in [0.05, 0.1) is 15.7 Å². The number of nitrogen functional groups attached to an aromatic ring is 1. The molecule has 18 heavy (non-hydrogen) atoms. The van der Waals surface area contributed by atoms with Crippen LogP contribution in [0.15, 0.2) is 28.9 Å². The van der Waals surface area contributed by atoms with Crippen LogP contribution in [0.2, 0.25) is 4.34 Å². The van der Waals surface area contributed by atoms with Crippen molar-refractivity contribution in [2.24, 2.45) is 0 Å². The molecule has 7 heteroatoms. The summed E-state index contributed by atoms with van der Waals surface area (Å²) in [5, 5.41) is 10.9. The van der Waals surface area contributed by atoms with E-state index in [9.17, 15) is 0 Å². The number of hydrogen-bond donors (Lipinski definition) is 2. The van der Waals surface area contributed by atoms with Gasteiger partial charge in [-0.05, 0) is 34.6 Å². The van der Waals surface area contributed by atoms with Crippen molar-refractivity contribution in [3.63, 3.8) is 0 Å². The highest BCUT2D eigenvalue weighted by Gasteiger charge is 2.09. The topological polar surface area (TPSA) is 77.0 Å². The second kappa shape index (κ2) is 4.47. The minimum absolute atomic E-state index is 0.552. The molecule has 0 aliphatic heterocycles. The Morgan fingerprint density at radius 3 is 2.83 bits per heavy atom. The SMILES string of the molecule is Nc1ccc(NCc2ccc(Cl)s2)c2nonc12. The van der Waals surface area contributed by atoms with E-state index in [0.717, 1.165) is 14.9 Å². The Kier molecular flexibility index (Phi) is 2.81. The average molecular weight is 281 g/mol. The molecule has 0 saturated heterocycles. The first-order chi connectivity index (χ1) is 8.74. The molecular formula is C11H9ClN4OS. The molecular weight excluding hydrogens is 272 g/mol. The maximum Gasteiger partial charge on any atom is 0.160 e. The smallest absolute Gasteiger partial charge is 0.160 e. The van der Waals surface area contributed by atoms with Gasteiger partial charge in [0.1, 0.15) is 0 Å². The van der Waals surface area contributed by atoms with Crippen LogP contribution in [0.3, 0.4) is 0 Å². The van der Waals surface area contributed by atoms with E-state index in [1.54, 1.807) is 6.07 Å². The Morgan fingerprint density at radius 2 is 2.06 bits per heavy atom. The number of nitrogens with zero attached hydrogens (tertiary/aromatic N) is 2. The number of anilines is 2. The van der Waals surface area contributed by atoms with Crippen LogP contribution in [0.25, 0.3) is 11.0 Å². The summed E-state index contributed by atoms with van der Waals surface area (Å²) in [6.07, 6.45) is 0. The van der Waals surface area contributed by atoms with E-state index < -0.39 is 0 Å². The summed E-state index contributed by atoms with van der Waals surface area (Å²) in [4.78, 5) is 1.14. The van der Waals surface area contributed by atoms with Crippen molar-refractivity contribution in [1.82, 2.24) is 10.3 Å². The largest absolute Gasteiger partial charge is 0.397 e. The van der Waals surface area contributed by atoms with Gasteiger partial charge in [-0.1, -0.05) is 11.6 Å². The molecule has 0 aliphatic rings. The number of fused-ring (bicyclic) bond motifs is 1. The summed E-state index contributed by atoms with van der Waals surface area (Å²) < 4.78 is 5.48. The Labute approximate surface area is 112 Å². The van der Waals surface area contributed by atoms with Crippen molar-refractivity contribution in [1.29, 1.82) is 0 Å². The zero-order valence-corrected chi connectivity index (χ0v) is 10.8. The van der Waals surface area contributed by atoms with Gasteiger partial charge in [-0.3, -0.25) is 0 Å². The number of rotatable bonds is 3. The number of aromatic nitrogens is 2. The van der Waals surface area contributed by atoms with Gasteiger partial charge in [0, 0.05) is 11.4 Å². The van der Waals surface area contributed by atoms with Crippen LogP contribution in [0.5, 0.6) is 0 Å². The summed E-state index contributed by atoms with van der Waals surface area (Å²) in [5.41, 5.74) is 8.37. The number of nitrogens with one attached hydrogen (secondary N) is 1. The number of halogens is 1. The van der Waals surface area contributed by atoms with E-state index in [4.69, 9.17) is 22.0 Å². The molecule has 0 atom stereocenters. The molecule has 1 aromatic carbocycles. The molecule has 0 unspecified atom stereocenters. The zero-order valence-electron chi connectivity index (χ0n) is 9.18. The van der Waals surface area contributed by atoms with Crippen LogP contribution in [-0.2, 0) is 6.54 Å². The van der Waals surface area contributed by atoms with Crippen molar-refractivity contribution < 1.29 is 4.63 Å². The summed E-state index contributed by atoms with van der Waals surface area (Å²) >= 11 is 7.41. The monoisotopic (exact) mass is 280 g/mol. The third kappa shape index (κ3) is 2.00. The van der Waals surface area contributed by atoms with Crippen molar-refractivity contribution in [2.75, 3.05) is 11.1 Å². The molecule has 3 N–H and O–H groups in total. The minimum atomic E-state index is 0.552. The molecule has 0 saturated carbocycles. The van der Waals surface area contributed by atoms with E-state index in [2.05, 4.69) is 15.6 Å². The standard InChI is InChI=1S/C11H9ClN4OS/c12-9-4-1-6(18-9)5-14-8-3-2-7(13)10-11(8)16-17-15-10/h1-4,14H,5,13H2. The van der Waals surface area contributed by atoms with Crippen LogP contribution in [0.4, 0.5) is 11.4 Å². The Bertz CT molecular complexity index is 693. The van der Waals surface area contributed by atoms with Crippen molar-refractivity contribution in [2.45, 2.75) is 6.54 Å². The van der Waals surface area contributed by atoms with E-state index in [0.29, 0.717) is 23.3 Å². The fourth-order valence-corrected chi connectivity index (χ4v) is 2.68. The fraction of sp³-hybridized carbons (Fsp3) is 0.0909. The lowest BCUT2D eigenvalue weighted by atomic mass is 10.2. The third-order valence-corrected chi connectivity index (χ3v) is 3.76. The predicted octanol–water partition coefficient (Wildman–Crippen LogP) is 3.13. The molecule has 92 valence electrons. The Balaban J connectivity index is 1.86. The van der Waals surface area contributed by atoms with Gasteiger partial charge in [0.15, 0.2) is 11.0 Å². The van der Waals surface area contributed by atoms with Gasteiger partial charge in [0.25, 0.3) is 0 Å². The molecule has 3 aromatic rings. The molecule has 0 fully saturated rings. The summed E-state index contributed by atoms with van der Waals surface area (Å²) in [5.74, 6) is 0. The molecule has 0 spiro atoms. The normalized spacial score (nSPS) is 10.9. The van der Waals surface area contributed by atoms with E-state index >= 15 is 0 Å². The lowest BCUT2D eigenvalue weighted by molar-refractivity contribution is 0.316. The summed E-state index contributed by atoms with van der Waals surface area (Å²) in [6, 6.07) is 7.49. The summed E-state index contributed by atoms with van der Waals surface area (Å²) in [7, 11) is 0. The first-order valence-corrected chi connectivity index (χ1v) is 6.42. The van der Waals surface area contributed by atoms with Gasteiger partial charge in [0.2, 0.25) is 0 Å². The number of benzene rings is 1. The predicted molar refractivity (Wildman–Crippen MR) is 72.9 cm³/mol. The quantitative estimate of drug-likeness (QED) is 0.721. The molecule has 5 nitrogen and oxygen atoms in total. The highest BCUT2D eigenvalue weighted by atomic mass is 35.5. The second-order valence-corrected chi connectivity index (χ2v) is 5.52. The molecule has 0 bridgehead atoms. The number of thiophene rings is 1. The maximum atomic E-state index is 5.88. The maximum absolute atomic E-state index is 5.88. The van der Waals surface area contributed by atoms with Gasteiger partial charge >= 0.3 is 0 Å². The van der Waals surface area contributed by atoms with Gasteiger partial charge in [-0.2, -0.15) is 0 Å². The molecule has 0 amide bonds. The fourth-order valence-electron chi connectivity index (χ4n) is 1.66. The van der Waals surface area contributed by atoms with Crippen LogP contribution in [0.1, 0.15) is 4.88 Å². The lowest BCUT2D eigenvalue weighted by Gasteiger charge is -2.05. The van der Waals surface area contributed by atoms with Crippen LogP contribution in [-0.4, -0.2) is 10.3 Å². The highest BCUT2D eigenvalue weighted by molar-refractivity contribution is 7.16. The molecule has 2 aromatic heterocycles. The van der Waals surface area contributed by atoms with Crippen molar-refractivity contribution in [3.05, 3.63) is 33.5 Å². The second-order valence-electron chi connectivity index (χ2n) is 3.72. The number of hydrogen-bond acceptors (Lipinski definition) is 6. The van der Waals surface area contributed by atoms with Gasteiger partial charge in [-0.15, -0.1) is 11.3 Å². The first kappa shape index (κ1) is 11.3. The highest BCUT2D eigenvalue weighted by Crippen LogP contribution is 2.27. The average Bonchev–Trinajstić information content (AvgIpc) is 2.98. The van der Waals surface area contributed by atoms with E-state index in [1.807, 2.05) is 18.2 Å². The van der Waals surface area contributed by atoms with Gasteiger partial charge < -0.3 is 11.1 Å². The van der Waals surface area contributed by atoms with E-state index in [1.165, 1.54) is 11.3 Å². The van der Waals surface area contributed by atoms with E-state index in [-0.39, 0.29) is 0 Å². The third-order valence-electron chi connectivity index (χ3n) is 2.53. The van der Waals surface area contributed by atoms with Gasteiger partial charge in [-0.25, -0.2) is 4.63 Å². The van der Waals surface area contributed by atoms with Crippen LogP contribution >= 0.6 is 22.9 Å². The molecule has 2 heterocycles.